The summed E-state index contributed by atoms with van der Waals surface area (Å²) in [5.41, 5.74) is 2.66. The molecule has 1 amide bonds. The van der Waals surface area contributed by atoms with Crippen LogP contribution in [0.4, 0.5) is 4.79 Å². The number of amides is 1. The number of fused-ring (bicyclic) bond motifs is 1. The van der Waals surface area contributed by atoms with Crippen LogP contribution in [-0.4, -0.2) is 44.2 Å². The SMILES string of the molecule is CC(C)(C)OC(=O)N[C@H](C[C@@H]1OCCc2c(-c3ncco3)cccc21)OCC[Si](C)(C)C. The van der Waals surface area contributed by atoms with Crippen molar-refractivity contribution in [1.29, 1.82) is 0 Å². The van der Waals surface area contributed by atoms with Gasteiger partial charge in [0.05, 0.1) is 18.9 Å². The quantitative estimate of drug-likeness (QED) is 0.411. The van der Waals surface area contributed by atoms with E-state index in [-0.39, 0.29) is 6.10 Å². The maximum Gasteiger partial charge on any atom is 0.409 e. The molecule has 0 aliphatic carbocycles. The lowest BCUT2D eigenvalue weighted by Crippen LogP contribution is -2.42. The van der Waals surface area contributed by atoms with Crippen molar-refractivity contribution in [3.63, 3.8) is 0 Å². The van der Waals surface area contributed by atoms with Gasteiger partial charge in [-0.15, -0.1) is 0 Å². The number of rotatable bonds is 8. The van der Waals surface area contributed by atoms with Crippen molar-refractivity contribution in [2.24, 2.45) is 0 Å². The Morgan fingerprint density at radius 1 is 1.31 bits per heavy atom. The van der Waals surface area contributed by atoms with Crippen LogP contribution < -0.4 is 5.32 Å². The van der Waals surface area contributed by atoms with Crippen LogP contribution in [0.3, 0.4) is 0 Å². The second-order valence-electron chi connectivity index (χ2n) is 10.4. The first-order valence-corrected chi connectivity index (χ1v) is 15.0. The number of benzene rings is 1. The molecule has 0 spiro atoms. The Balaban J connectivity index is 1.77. The molecule has 0 saturated heterocycles. The number of oxazole rings is 1. The molecule has 0 bridgehead atoms. The van der Waals surface area contributed by atoms with Crippen molar-refractivity contribution in [3.05, 3.63) is 41.8 Å². The van der Waals surface area contributed by atoms with Gasteiger partial charge in [-0.3, -0.25) is 5.32 Å². The van der Waals surface area contributed by atoms with Gasteiger partial charge in [-0.25, -0.2) is 9.78 Å². The minimum absolute atomic E-state index is 0.208. The Hall–Kier alpha value is -2.16. The molecule has 32 heavy (non-hydrogen) atoms. The molecule has 2 aromatic rings. The molecule has 3 rings (SSSR count). The van der Waals surface area contributed by atoms with Crippen molar-refractivity contribution in [1.82, 2.24) is 10.3 Å². The number of hydrogen-bond acceptors (Lipinski definition) is 6. The van der Waals surface area contributed by atoms with Gasteiger partial charge in [0.2, 0.25) is 5.89 Å². The molecular weight excluding hydrogens is 424 g/mol. The molecule has 0 radical (unpaired) electrons. The van der Waals surface area contributed by atoms with Gasteiger partial charge in [0.15, 0.2) is 0 Å². The second-order valence-corrected chi connectivity index (χ2v) is 16.0. The first-order chi connectivity index (χ1) is 15.0. The number of alkyl carbamates (subject to hydrolysis) is 1. The Kier molecular flexibility index (Phi) is 7.79. The average molecular weight is 461 g/mol. The lowest BCUT2D eigenvalue weighted by atomic mass is 9.91. The Bertz CT molecular complexity index is 887. The highest BCUT2D eigenvalue weighted by atomic mass is 28.3. The van der Waals surface area contributed by atoms with Gasteiger partial charge < -0.3 is 18.6 Å². The zero-order chi connectivity index (χ0) is 23.4. The standard InChI is InChI=1S/C24H36N2O5Si/c1-24(2,3)31-23(27)26-21(29-14-15-32(4,5)6)16-20-18-8-7-9-19(17(18)10-12-28-20)22-25-11-13-30-22/h7-9,11,13,20-21H,10,12,14-16H2,1-6H3,(H,26,27)/t20-,21-/m0/s1. The van der Waals surface area contributed by atoms with Crippen LogP contribution in [0.1, 0.15) is 44.4 Å². The summed E-state index contributed by atoms with van der Waals surface area (Å²) in [6.07, 6.45) is 3.30. The predicted molar refractivity (Wildman–Crippen MR) is 126 cm³/mol. The van der Waals surface area contributed by atoms with E-state index in [2.05, 4.69) is 36.0 Å². The summed E-state index contributed by atoms with van der Waals surface area (Å²) in [5, 5.41) is 2.90. The third-order valence-corrected chi connectivity index (χ3v) is 6.87. The molecule has 0 unspecified atom stereocenters. The van der Waals surface area contributed by atoms with Crippen LogP contribution >= 0.6 is 0 Å². The van der Waals surface area contributed by atoms with E-state index >= 15 is 0 Å². The predicted octanol–water partition coefficient (Wildman–Crippen LogP) is 5.55. The second kappa shape index (κ2) is 10.2. The number of carbonyl (C=O) groups excluding carboxylic acids is 1. The fourth-order valence-corrected chi connectivity index (χ4v) is 4.37. The lowest BCUT2D eigenvalue weighted by molar-refractivity contribution is -0.0373. The van der Waals surface area contributed by atoms with Gasteiger partial charge in [-0.05, 0) is 50.4 Å². The van der Waals surface area contributed by atoms with E-state index in [4.69, 9.17) is 18.6 Å². The van der Waals surface area contributed by atoms with Gasteiger partial charge in [0.1, 0.15) is 18.1 Å². The van der Waals surface area contributed by atoms with E-state index in [1.807, 2.05) is 32.9 Å². The summed E-state index contributed by atoms with van der Waals surface area (Å²) in [5.74, 6) is 0.609. The fourth-order valence-electron chi connectivity index (χ4n) is 3.64. The van der Waals surface area contributed by atoms with E-state index in [0.717, 1.165) is 23.6 Å². The smallest absolute Gasteiger partial charge is 0.409 e. The number of hydrogen-bond donors (Lipinski definition) is 1. The Morgan fingerprint density at radius 3 is 2.75 bits per heavy atom. The van der Waals surface area contributed by atoms with Gasteiger partial charge in [-0.1, -0.05) is 31.8 Å². The molecular formula is C24H36N2O5Si. The van der Waals surface area contributed by atoms with Crippen LogP contribution in [-0.2, 0) is 20.6 Å². The number of carbonyl (C=O) groups is 1. The number of nitrogens with zero attached hydrogens (tertiary/aromatic N) is 1. The van der Waals surface area contributed by atoms with Crippen molar-refractivity contribution in [3.8, 4) is 11.5 Å². The molecule has 176 valence electrons. The maximum absolute atomic E-state index is 12.5. The molecule has 1 N–H and O–H groups in total. The van der Waals surface area contributed by atoms with Crippen molar-refractivity contribution in [2.45, 2.75) is 77.2 Å². The van der Waals surface area contributed by atoms with Crippen LogP contribution in [0.25, 0.3) is 11.5 Å². The van der Waals surface area contributed by atoms with Crippen molar-refractivity contribution in [2.75, 3.05) is 13.2 Å². The molecule has 1 aromatic carbocycles. The summed E-state index contributed by atoms with van der Waals surface area (Å²) in [6, 6.07) is 7.09. The van der Waals surface area contributed by atoms with Crippen LogP contribution in [0.15, 0.2) is 35.1 Å². The van der Waals surface area contributed by atoms with E-state index in [1.165, 1.54) is 5.56 Å². The zero-order valence-corrected chi connectivity index (χ0v) is 21.1. The van der Waals surface area contributed by atoms with Gasteiger partial charge in [-0.2, -0.15) is 0 Å². The number of aromatic nitrogens is 1. The topological polar surface area (TPSA) is 82.8 Å². The van der Waals surface area contributed by atoms with Gasteiger partial charge in [0, 0.05) is 26.7 Å². The third kappa shape index (κ3) is 7.18. The summed E-state index contributed by atoms with van der Waals surface area (Å²) in [7, 11) is -1.27. The average Bonchev–Trinajstić information content (AvgIpc) is 3.19. The Morgan fingerprint density at radius 2 is 2.09 bits per heavy atom. The number of ether oxygens (including phenoxy) is 3. The molecule has 0 fully saturated rings. The lowest BCUT2D eigenvalue weighted by Gasteiger charge is -2.31. The Labute approximate surface area is 191 Å². The van der Waals surface area contributed by atoms with E-state index in [1.54, 1.807) is 12.5 Å². The van der Waals surface area contributed by atoms with Crippen LogP contribution in [0, 0.1) is 0 Å². The van der Waals surface area contributed by atoms with Crippen LogP contribution in [0.2, 0.25) is 25.7 Å². The van der Waals surface area contributed by atoms with Crippen molar-refractivity contribution >= 4 is 14.2 Å². The summed E-state index contributed by atoms with van der Waals surface area (Å²) < 4.78 is 23.3. The monoisotopic (exact) mass is 460 g/mol. The zero-order valence-electron chi connectivity index (χ0n) is 20.1. The summed E-state index contributed by atoms with van der Waals surface area (Å²) in [4.78, 5) is 16.8. The summed E-state index contributed by atoms with van der Waals surface area (Å²) >= 11 is 0. The normalized spacial score (nSPS) is 17.5. The molecule has 0 saturated carbocycles. The van der Waals surface area contributed by atoms with Gasteiger partial charge >= 0.3 is 6.09 Å². The van der Waals surface area contributed by atoms with E-state index < -0.39 is 26.0 Å². The third-order valence-electron chi connectivity index (χ3n) is 5.17. The summed E-state index contributed by atoms with van der Waals surface area (Å²) in [6.45, 7) is 13.6. The molecule has 1 aliphatic heterocycles. The van der Waals surface area contributed by atoms with Crippen molar-refractivity contribution < 1.29 is 23.4 Å². The number of nitrogens with one attached hydrogen (secondary N) is 1. The largest absolute Gasteiger partial charge is 0.445 e. The molecule has 2 atom stereocenters. The van der Waals surface area contributed by atoms with Gasteiger partial charge in [0.25, 0.3) is 0 Å². The first-order valence-electron chi connectivity index (χ1n) is 11.3. The maximum atomic E-state index is 12.5. The molecule has 7 nitrogen and oxygen atoms in total. The minimum Gasteiger partial charge on any atom is -0.445 e. The fraction of sp³-hybridized carbons (Fsp3) is 0.583. The van der Waals surface area contributed by atoms with E-state index in [9.17, 15) is 4.79 Å². The highest BCUT2D eigenvalue weighted by molar-refractivity contribution is 6.76. The highest BCUT2D eigenvalue weighted by Gasteiger charge is 2.29. The molecule has 1 aliphatic rings. The molecule has 2 heterocycles. The highest BCUT2D eigenvalue weighted by Crippen LogP contribution is 2.36. The molecule has 1 aromatic heterocycles. The molecule has 8 heteroatoms. The van der Waals surface area contributed by atoms with E-state index in [0.29, 0.717) is 25.5 Å². The first kappa shape index (κ1) is 24.5. The van der Waals surface area contributed by atoms with Crippen LogP contribution in [0.5, 0.6) is 0 Å². The minimum atomic E-state index is -1.27.